The van der Waals surface area contributed by atoms with Crippen molar-refractivity contribution in [3.63, 3.8) is 0 Å². The molecule has 1 radical (unpaired) electrons. The van der Waals surface area contributed by atoms with Crippen molar-refractivity contribution in [2.24, 2.45) is 5.41 Å². The Morgan fingerprint density at radius 2 is 1.18 bits per heavy atom. The summed E-state index contributed by atoms with van der Waals surface area (Å²) in [7, 11) is 0. The minimum absolute atomic E-state index is 0. The fourth-order valence-electron chi connectivity index (χ4n) is 1.41. The third kappa shape index (κ3) is 7.83. The average molecular weight is 280 g/mol. The largest absolute Gasteiger partial charge is 0.307 e. The maximum absolute atomic E-state index is 8.00. The van der Waals surface area contributed by atoms with Crippen LogP contribution in [0.2, 0.25) is 0 Å². The minimum atomic E-state index is 0. The van der Waals surface area contributed by atoms with Gasteiger partial charge >= 0.3 is 0 Å². The monoisotopic (exact) mass is 280 g/mol. The van der Waals surface area contributed by atoms with Gasteiger partial charge in [-0.1, -0.05) is 33.1 Å². The zero-order valence-electron chi connectivity index (χ0n) is 11.2. The molecule has 0 aromatic heterocycles. The van der Waals surface area contributed by atoms with Crippen molar-refractivity contribution in [1.82, 2.24) is 0 Å². The van der Waals surface area contributed by atoms with E-state index in [1.54, 1.807) is 0 Å². The SMILES string of the molecule is C=O.C=O.C=O.CC1=[C-]C(C)(C)C(C)=C1C.[Mn]. The molecule has 0 N–H and O–H groups in total. The zero-order valence-corrected chi connectivity index (χ0v) is 12.4. The van der Waals surface area contributed by atoms with Gasteiger partial charge in [-0.05, 0) is 0 Å². The van der Waals surface area contributed by atoms with Crippen LogP contribution in [0.1, 0.15) is 34.6 Å². The first-order chi connectivity index (χ1) is 7.45. The van der Waals surface area contributed by atoms with E-state index < -0.39 is 0 Å². The molecule has 0 fully saturated rings. The van der Waals surface area contributed by atoms with Crippen LogP contribution in [0.3, 0.4) is 0 Å². The molecule has 0 saturated heterocycles. The smallest absolute Gasteiger partial charge is 0.106 e. The Morgan fingerprint density at radius 1 is 0.882 bits per heavy atom. The summed E-state index contributed by atoms with van der Waals surface area (Å²) < 4.78 is 0. The Kier molecular flexibility index (Phi) is 19.2. The fraction of sp³-hybridized carbons (Fsp3) is 0.462. The molecular formula is C13H21MnO3-. The van der Waals surface area contributed by atoms with E-state index >= 15 is 0 Å². The molecule has 0 spiro atoms. The van der Waals surface area contributed by atoms with Crippen molar-refractivity contribution in [1.29, 1.82) is 0 Å². The van der Waals surface area contributed by atoms with Gasteiger partial charge in [-0.15, -0.1) is 6.92 Å². The number of hydrogen-bond acceptors (Lipinski definition) is 3. The van der Waals surface area contributed by atoms with E-state index in [-0.39, 0.29) is 22.5 Å². The van der Waals surface area contributed by atoms with Crippen LogP contribution in [0.5, 0.6) is 0 Å². The molecule has 4 heteroatoms. The Bertz CT molecular complexity index is 263. The first-order valence-corrected chi connectivity index (χ1v) is 4.62. The quantitative estimate of drug-likeness (QED) is 0.506. The molecule has 0 bridgehead atoms. The molecule has 1 rings (SSSR count). The van der Waals surface area contributed by atoms with Gasteiger partial charge in [0.15, 0.2) is 0 Å². The van der Waals surface area contributed by atoms with Crippen LogP contribution >= 0.6 is 0 Å². The zero-order chi connectivity index (χ0) is 13.9. The van der Waals surface area contributed by atoms with Gasteiger partial charge in [0.25, 0.3) is 0 Å². The molecule has 17 heavy (non-hydrogen) atoms. The van der Waals surface area contributed by atoms with Crippen LogP contribution < -0.4 is 0 Å². The maximum Gasteiger partial charge on any atom is 0.106 e. The molecule has 99 valence electrons. The van der Waals surface area contributed by atoms with Crippen molar-refractivity contribution >= 4 is 20.4 Å². The molecule has 0 heterocycles. The molecule has 1 aliphatic rings. The Hall–Kier alpha value is -0.991. The van der Waals surface area contributed by atoms with Crippen molar-refractivity contribution in [2.45, 2.75) is 34.6 Å². The van der Waals surface area contributed by atoms with Crippen LogP contribution in [0.4, 0.5) is 0 Å². The van der Waals surface area contributed by atoms with Crippen LogP contribution in [0.25, 0.3) is 0 Å². The van der Waals surface area contributed by atoms with Crippen LogP contribution in [-0.2, 0) is 31.5 Å². The first kappa shape index (κ1) is 25.0. The topological polar surface area (TPSA) is 51.2 Å². The van der Waals surface area contributed by atoms with E-state index in [0.29, 0.717) is 0 Å². The van der Waals surface area contributed by atoms with E-state index in [4.69, 9.17) is 14.4 Å². The van der Waals surface area contributed by atoms with Crippen LogP contribution in [-0.4, -0.2) is 20.4 Å². The van der Waals surface area contributed by atoms with Gasteiger partial charge in [-0.25, -0.2) is 5.57 Å². The Morgan fingerprint density at radius 3 is 1.24 bits per heavy atom. The van der Waals surface area contributed by atoms with Gasteiger partial charge in [0, 0.05) is 17.1 Å². The molecule has 0 saturated carbocycles. The number of hydrogen-bond donors (Lipinski definition) is 0. The van der Waals surface area contributed by atoms with E-state index in [2.05, 4.69) is 40.7 Å². The second-order valence-corrected chi connectivity index (χ2v) is 3.62. The molecule has 0 amide bonds. The predicted molar refractivity (Wildman–Crippen MR) is 65.9 cm³/mol. The van der Waals surface area contributed by atoms with E-state index in [1.165, 1.54) is 16.7 Å². The summed E-state index contributed by atoms with van der Waals surface area (Å²) in [6, 6.07) is 0. The van der Waals surface area contributed by atoms with Gasteiger partial charge in [-0.3, -0.25) is 6.08 Å². The van der Waals surface area contributed by atoms with Gasteiger partial charge in [0.2, 0.25) is 0 Å². The number of allylic oxidation sites excluding steroid dienone is 4. The molecule has 0 aliphatic heterocycles. The predicted octanol–water partition coefficient (Wildman–Crippen LogP) is 2.55. The third-order valence-corrected chi connectivity index (χ3v) is 2.56. The summed E-state index contributed by atoms with van der Waals surface area (Å²) in [6.45, 7) is 16.9. The van der Waals surface area contributed by atoms with Crippen LogP contribution in [0.15, 0.2) is 16.7 Å². The fourth-order valence-corrected chi connectivity index (χ4v) is 1.41. The van der Waals surface area contributed by atoms with Gasteiger partial charge in [0.05, 0.1) is 0 Å². The summed E-state index contributed by atoms with van der Waals surface area (Å²) >= 11 is 0. The normalized spacial score (nSPS) is 14.5. The van der Waals surface area contributed by atoms with Crippen molar-refractivity contribution in [3.05, 3.63) is 22.8 Å². The maximum atomic E-state index is 8.00. The number of carbonyl (C=O) groups excluding carboxylic acids is 3. The Balaban J connectivity index is -0.000000106. The van der Waals surface area contributed by atoms with Crippen molar-refractivity contribution in [3.8, 4) is 0 Å². The molecule has 0 aromatic rings. The molecule has 0 atom stereocenters. The van der Waals surface area contributed by atoms with Gasteiger partial charge < -0.3 is 14.4 Å². The Labute approximate surface area is 115 Å². The standard InChI is InChI=1S/C10H15.3CH2O.Mn/c1-7-6-10(4,5)9(3)8(7)2;3*1-2;/h1-5H3;3*1H2;/q-1;;;;. The van der Waals surface area contributed by atoms with E-state index in [9.17, 15) is 0 Å². The summed E-state index contributed by atoms with van der Waals surface area (Å²) in [5.74, 6) is 0. The third-order valence-electron chi connectivity index (χ3n) is 2.56. The van der Waals surface area contributed by atoms with Gasteiger partial charge in [0.1, 0.15) is 20.4 Å². The summed E-state index contributed by atoms with van der Waals surface area (Å²) in [4.78, 5) is 24.0. The summed E-state index contributed by atoms with van der Waals surface area (Å²) in [6.07, 6.45) is 3.44. The minimum Gasteiger partial charge on any atom is -0.307 e. The average Bonchev–Trinajstić information content (AvgIpc) is 2.50. The number of carbonyl (C=O) groups is 3. The molecule has 0 unspecified atom stereocenters. The molecule has 0 aromatic carbocycles. The molecular weight excluding hydrogens is 259 g/mol. The van der Waals surface area contributed by atoms with E-state index in [1.807, 2.05) is 20.4 Å². The van der Waals surface area contributed by atoms with Crippen molar-refractivity contribution in [2.75, 3.05) is 0 Å². The second kappa shape index (κ2) is 13.1. The number of rotatable bonds is 0. The molecule has 3 nitrogen and oxygen atoms in total. The molecule has 1 aliphatic carbocycles. The van der Waals surface area contributed by atoms with E-state index in [0.717, 1.165) is 0 Å². The van der Waals surface area contributed by atoms with Gasteiger partial charge in [-0.2, -0.15) is 11.1 Å². The summed E-state index contributed by atoms with van der Waals surface area (Å²) in [5, 5.41) is 0. The van der Waals surface area contributed by atoms with Crippen molar-refractivity contribution < 1.29 is 31.5 Å². The first-order valence-electron chi connectivity index (χ1n) is 4.62. The van der Waals surface area contributed by atoms with Crippen LogP contribution in [0, 0.1) is 11.5 Å². The second-order valence-electron chi connectivity index (χ2n) is 3.62. The summed E-state index contributed by atoms with van der Waals surface area (Å²) in [5.41, 5.74) is 4.39.